The van der Waals surface area contributed by atoms with Crippen LogP contribution in [-0.2, 0) is 4.79 Å². The molecule has 74 valence electrons. The fraction of sp³-hybridized carbons (Fsp3) is 0.182. The van der Waals surface area contributed by atoms with Crippen molar-refractivity contribution in [2.45, 2.75) is 13.3 Å². The minimum Gasteiger partial charge on any atom is -0.508 e. The average Bonchev–Trinajstić information content (AvgIpc) is 2.16. The molecule has 1 rings (SSSR count). The largest absolute Gasteiger partial charge is 0.508 e. The lowest BCUT2D eigenvalue weighted by Crippen LogP contribution is -2.09. The summed E-state index contributed by atoms with van der Waals surface area (Å²) in [6, 6.07) is 6.08. The van der Waals surface area contributed by atoms with Crippen LogP contribution in [0.3, 0.4) is 0 Å². The van der Waals surface area contributed by atoms with Crippen LogP contribution < -0.4 is 4.74 Å². The number of ether oxygens (including phenoxy) is 1. The highest BCUT2D eigenvalue weighted by Crippen LogP contribution is 2.18. The van der Waals surface area contributed by atoms with Gasteiger partial charge in [0.1, 0.15) is 11.5 Å². The van der Waals surface area contributed by atoms with Crippen LogP contribution in [0.2, 0.25) is 0 Å². The number of carbonyl (C=O) groups excluding carboxylic acids is 1. The van der Waals surface area contributed by atoms with Crippen LogP contribution in [0.4, 0.5) is 0 Å². The molecular formula is C11H12O3. The van der Waals surface area contributed by atoms with E-state index in [-0.39, 0.29) is 5.75 Å². The molecule has 0 aliphatic rings. The fourth-order valence-electron chi connectivity index (χ4n) is 0.871. The number of phenolic OH excluding ortho intramolecular Hbond substituents is 1. The van der Waals surface area contributed by atoms with Crippen LogP contribution in [0.25, 0.3) is 0 Å². The number of rotatable bonds is 3. The molecule has 0 atom stereocenters. The molecule has 0 amide bonds. The number of hydrogen-bond acceptors (Lipinski definition) is 3. The van der Waals surface area contributed by atoms with Crippen LogP contribution in [0.5, 0.6) is 11.5 Å². The van der Waals surface area contributed by atoms with E-state index in [1.807, 2.05) is 6.92 Å². The Morgan fingerprint density at radius 1 is 1.57 bits per heavy atom. The van der Waals surface area contributed by atoms with Crippen molar-refractivity contribution in [1.29, 1.82) is 0 Å². The molecule has 1 N–H and O–H groups in total. The lowest BCUT2D eigenvalue weighted by atomic mass is 10.2. The molecule has 0 fully saturated rings. The Labute approximate surface area is 82.6 Å². The molecule has 0 saturated heterocycles. The van der Waals surface area contributed by atoms with E-state index in [2.05, 4.69) is 6.58 Å². The van der Waals surface area contributed by atoms with E-state index in [0.29, 0.717) is 17.7 Å². The number of hydrogen-bond donors (Lipinski definition) is 1. The summed E-state index contributed by atoms with van der Waals surface area (Å²) in [6.07, 6.45) is 0.553. The van der Waals surface area contributed by atoms with Crippen LogP contribution in [0, 0.1) is 0 Å². The van der Waals surface area contributed by atoms with Gasteiger partial charge in [-0.25, -0.2) is 4.79 Å². The molecule has 0 aromatic heterocycles. The van der Waals surface area contributed by atoms with Crippen LogP contribution in [0.15, 0.2) is 36.4 Å². The first kappa shape index (κ1) is 10.3. The van der Waals surface area contributed by atoms with Crippen molar-refractivity contribution in [1.82, 2.24) is 0 Å². The Kier molecular flexibility index (Phi) is 3.29. The number of phenols is 1. The topological polar surface area (TPSA) is 46.5 Å². The van der Waals surface area contributed by atoms with E-state index < -0.39 is 5.97 Å². The predicted molar refractivity (Wildman–Crippen MR) is 53.2 cm³/mol. The zero-order chi connectivity index (χ0) is 10.6. The van der Waals surface area contributed by atoms with E-state index in [0.717, 1.165) is 0 Å². The van der Waals surface area contributed by atoms with Gasteiger partial charge in [-0.2, -0.15) is 0 Å². The van der Waals surface area contributed by atoms with Gasteiger partial charge >= 0.3 is 5.97 Å². The summed E-state index contributed by atoms with van der Waals surface area (Å²) < 4.78 is 4.95. The van der Waals surface area contributed by atoms with Gasteiger partial charge in [0.05, 0.1) is 0 Å². The molecule has 14 heavy (non-hydrogen) atoms. The van der Waals surface area contributed by atoms with Gasteiger partial charge < -0.3 is 9.84 Å². The van der Waals surface area contributed by atoms with E-state index in [1.165, 1.54) is 12.1 Å². The summed E-state index contributed by atoms with van der Waals surface area (Å²) in [5.41, 5.74) is 0.411. The van der Waals surface area contributed by atoms with Crippen LogP contribution in [0.1, 0.15) is 13.3 Å². The average molecular weight is 192 g/mol. The van der Waals surface area contributed by atoms with Crippen molar-refractivity contribution in [2.24, 2.45) is 0 Å². The molecule has 3 nitrogen and oxygen atoms in total. The van der Waals surface area contributed by atoms with Gasteiger partial charge in [0, 0.05) is 11.6 Å². The molecule has 0 aliphatic heterocycles. The van der Waals surface area contributed by atoms with Gasteiger partial charge in [-0.15, -0.1) is 0 Å². The maximum absolute atomic E-state index is 11.3. The predicted octanol–water partition coefficient (Wildman–Crippen LogP) is 2.26. The maximum atomic E-state index is 11.3. The summed E-state index contributed by atoms with van der Waals surface area (Å²) in [5, 5.41) is 9.11. The quantitative estimate of drug-likeness (QED) is 0.454. The molecule has 0 unspecified atom stereocenters. The van der Waals surface area contributed by atoms with E-state index in [1.54, 1.807) is 12.1 Å². The summed E-state index contributed by atoms with van der Waals surface area (Å²) in [6.45, 7) is 5.38. The lowest BCUT2D eigenvalue weighted by molar-refractivity contribution is -0.130. The third kappa shape index (κ3) is 2.62. The Balaban J connectivity index is 2.70. The molecule has 1 aromatic rings. The first-order chi connectivity index (χ1) is 6.63. The first-order valence-corrected chi connectivity index (χ1v) is 4.32. The minimum atomic E-state index is -0.460. The van der Waals surface area contributed by atoms with Crippen molar-refractivity contribution in [3.05, 3.63) is 36.4 Å². The molecule has 3 heteroatoms. The van der Waals surface area contributed by atoms with Crippen LogP contribution >= 0.6 is 0 Å². The number of carbonyl (C=O) groups is 1. The van der Waals surface area contributed by atoms with Crippen molar-refractivity contribution in [3.63, 3.8) is 0 Å². The number of aromatic hydroxyl groups is 1. The summed E-state index contributed by atoms with van der Waals surface area (Å²) >= 11 is 0. The highest BCUT2D eigenvalue weighted by Gasteiger charge is 2.07. The van der Waals surface area contributed by atoms with Gasteiger partial charge in [0.15, 0.2) is 0 Å². The lowest BCUT2D eigenvalue weighted by Gasteiger charge is -2.04. The molecule has 0 saturated carbocycles. The molecule has 1 aromatic carbocycles. The third-order valence-corrected chi connectivity index (χ3v) is 1.74. The van der Waals surface area contributed by atoms with Crippen molar-refractivity contribution in [3.8, 4) is 11.5 Å². The molecular weight excluding hydrogens is 180 g/mol. The van der Waals surface area contributed by atoms with Crippen molar-refractivity contribution < 1.29 is 14.6 Å². The van der Waals surface area contributed by atoms with E-state index in [4.69, 9.17) is 9.84 Å². The highest BCUT2D eigenvalue weighted by atomic mass is 16.5. The highest BCUT2D eigenvalue weighted by molar-refractivity contribution is 5.89. The number of benzene rings is 1. The standard InChI is InChI=1S/C11H12O3/c1-3-8(2)11(13)14-10-6-4-5-9(12)7-10/h4-7,12H,2-3H2,1H3. The Hall–Kier alpha value is -1.77. The normalized spacial score (nSPS) is 9.50. The van der Waals surface area contributed by atoms with E-state index in [9.17, 15) is 4.79 Å². The van der Waals surface area contributed by atoms with Gasteiger partial charge in [-0.1, -0.05) is 19.6 Å². The Morgan fingerprint density at radius 2 is 2.29 bits per heavy atom. The molecule has 0 heterocycles. The minimum absolute atomic E-state index is 0.0670. The molecule has 0 radical (unpaired) electrons. The van der Waals surface area contributed by atoms with Gasteiger partial charge in [0.25, 0.3) is 0 Å². The van der Waals surface area contributed by atoms with Gasteiger partial charge in [-0.05, 0) is 18.6 Å². The second kappa shape index (κ2) is 4.46. The second-order valence-corrected chi connectivity index (χ2v) is 2.84. The summed E-state index contributed by atoms with van der Waals surface area (Å²) in [5.74, 6) is -0.0693. The smallest absolute Gasteiger partial charge is 0.338 e. The molecule has 0 bridgehead atoms. The fourth-order valence-corrected chi connectivity index (χ4v) is 0.871. The molecule has 0 aliphatic carbocycles. The third-order valence-electron chi connectivity index (χ3n) is 1.74. The molecule has 0 spiro atoms. The van der Waals surface area contributed by atoms with Crippen molar-refractivity contribution >= 4 is 5.97 Å². The Morgan fingerprint density at radius 3 is 2.86 bits per heavy atom. The Bertz CT molecular complexity index is 355. The zero-order valence-electron chi connectivity index (χ0n) is 7.99. The van der Waals surface area contributed by atoms with E-state index >= 15 is 0 Å². The SMILES string of the molecule is C=C(CC)C(=O)Oc1cccc(O)c1. The summed E-state index contributed by atoms with van der Waals surface area (Å²) in [4.78, 5) is 11.3. The van der Waals surface area contributed by atoms with Crippen LogP contribution in [-0.4, -0.2) is 11.1 Å². The second-order valence-electron chi connectivity index (χ2n) is 2.84. The summed E-state index contributed by atoms with van der Waals surface area (Å²) in [7, 11) is 0. The zero-order valence-corrected chi connectivity index (χ0v) is 7.99. The van der Waals surface area contributed by atoms with Gasteiger partial charge in [0.2, 0.25) is 0 Å². The number of esters is 1. The maximum Gasteiger partial charge on any atom is 0.338 e. The van der Waals surface area contributed by atoms with Gasteiger partial charge in [-0.3, -0.25) is 0 Å². The monoisotopic (exact) mass is 192 g/mol. The first-order valence-electron chi connectivity index (χ1n) is 4.32. The van der Waals surface area contributed by atoms with Crippen molar-refractivity contribution in [2.75, 3.05) is 0 Å².